The molecule has 1 fully saturated rings. The van der Waals surface area contributed by atoms with Gasteiger partial charge in [-0.1, -0.05) is 6.92 Å². The van der Waals surface area contributed by atoms with Crippen molar-refractivity contribution in [3.8, 4) is 0 Å². The molecule has 0 spiro atoms. The predicted octanol–water partition coefficient (Wildman–Crippen LogP) is 0.237. The van der Waals surface area contributed by atoms with Crippen molar-refractivity contribution in [3.05, 3.63) is 0 Å². The minimum atomic E-state index is 0.0818. The molecule has 0 aromatic rings. The van der Waals surface area contributed by atoms with Gasteiger partial charge >= 0.3 is 0 Å². The van der Waals surface area contributed by atoms with Gasteiger partial charge in [-0.25, -0.2) is 0 Å². The van der Waals surface area contributed by atoms with Crippen LogP contribution < -0.4 is 0 Å². The maximum Gasteiger partial charge on any atom is 0.225 e. The molecule has 64 valence electrons. The zero-order chi connectivity index (χ0) is 8.27. The van der Waals surface area contributed by atoms with Crippen LogP contribution >= 0.6 is 0 Å². The van der Waals surface area contributed by atoms with Crippen LogP contribution in [0.1, 0.15) is 19.8 Å². The van der Waals surface area contributed by atoms with E-state index < -0.39 is 0 Å². The third-order valence-corrected chi connectivity index (χ3v) is 2.17. The molecule has 11 heavy (non-hydrogen) atoms. The van der Waals surface area contributed by atoms with E-state index in [0.29, 0.717) is 6.54 Å². The number of β-amino-alcohol motifs (C(OH)–C–C–N with tert-alkyl or cyclic N) is 1. The van der Waals surface area contributed by atoms with Gasteiger partial charge in [-0.3, -0.25) is 4.79 Å². The van der Waals surface area contributed by atoms with E-state index in [1.54, 1.807) is 4.90 Å². The van der Waals surface area contributed by atoms with E-state index in [9.17, 15) is 4.79 Å². The molecule has 1 unspecified atom stereocenters. The van der Waals surface area contributed by atoms with E-state index in [-0.39, 0.29) is 18.4 Å². The highest BCUT2D eigenvalue weighted by molar-refractivity contribution is 5.79. The standard InChI is InChI=1S/C8H15NO2/c1-7-3-2-4-9(5-6-10)8(7)11/h7,10H,2-6H2,1H3. The van der Waals surface area contributed by atoms with E-state index in [0.717, 1.165) is 19.4 Å². The number of carbonyl (C=O) groups is 1. The first kappa shape index (κ1) is 8.53. The van der Waals surface area contributed by atoms with Crippen molar-refractivity contribution in [1.82, 2.24) is 4.90 Å². The molecule has 0 bridgehead atoms. The zero-order valence-corrected chi connectivity index (χ0v) is 6.92. The van der Waals surface area contributed by atoms with Crippen LogP contribution in [0.5, 0.6) is 0 Å². The monoisotopic (exact) mass is 157 g/mol. The van der Waals surface area contributed by atoms with Crippen molar-refractivity contribution in [2.24, 2.45) is 5.92 Å². The summed E-state index contributed by atoms with van der Waals surface area (Å²) in [6.45, 7) is 3.36. The molecule has 0 saturated carbocycles. The second-order valence-electron chi connectivity index (χ2n) is 3.09. The van der Waals surface area contributed by atoms with Crippen LogP contribution in [0.2, 0.25) is 0 Å². The van der Waals surface area contributed by atoms with Crippen molar-refractivity contribution in [2.45, 2.75) is 19.8 Å². The molecule has 1 atom stereocenters. The van der Waals surface area contributed by atoms with Gasteiger partial charge in [0.25, 0.3) is 0 Å². The van der Waals surface area contributed by atoms with Gasteiger partial charge in [-0.15, -0.1) is 0 Å². The number of amides is 1. The Kier molecular flexibility index (Phi) is 2.88. The summed E-state index contributed by atoms with van der Waals surface area (Å²) in [6.07, 6.45) is 2.08. The van der Waals surface area contributed by atoms with Crippen LogP contribution in [0, 0.1) is 5.92 Å². The summed E-state index contributed by atoms with van der Waals surface area (Å²) in [4.78, 5) is 13.1. The van der Waals surface area contributed by atoms with Crippen molar-refractivity contribution in [2.75, 3.05) is 19.7 Å². The fraction of sp³-hybridized carbons (Fsp3) is 0.875. The summed E-state index contributed by atoms with van der Waals surface area (Å²) in [7, 11) is 0. The molecule has 0 aromatic carbocycles. The predicted molar refractivity (Wildman–Crippen MR) is 42.1 cm³/mol. The molecule has 1 aliphatic rings. The first-order chi connectivity index (χ1) is 5.25. The molecule has 1 aliphatic heterocycles. The van der Waals surface area contributed by atoms with E-state index in [4.69, 9.17) is 5.11 Å². The Morgan fingerprint density at radius 2 is 2.45 bits per heavy atom. The van der Waals surface area contributed by atoms with Crippen LogP contribution in [0.4, 0.5) is 0 Å². The van der Waals surface area contributed by atoms with Gasteiger partial charge in [-0.05, 0) is 12.8 Å². The van der Waals surface area contributed by atoms with Gasteiger partial charge in [0.2, 0.25) is 5.91 Å². The van der Waals surface area contributed by atoms with Crippen molar-refractivity contribution >= 4 is 5.91 Å². The van der Waals surface area contributed by atoms with Crippen LogP contribution in [0.15, 0.2) is 0 Å². The molecule has 1 heterocycles. The third-order valence-electron chi connectivity index (χ3n) is 2.17. The number of hydrogen-bond donors (Lipinski definition) is 1. The van der Waals surface area contributed by atoms with Crippen LogP contribution in [-0.4, -0.2) is 35.6 Å². The number of aliphatic hydroxyl groups excluding tert-OH is 1. The van der Waals surface area contributed by atoms with Crippen molar-refractivity contribution in [3.63, 3.8) is 0 Å². The molecule has 1 rings (SSSR count). The molecule has 0 aromatic heterocycles. The summed E-state index contributed by atoms with van der Waals surface area (Å²) in [5.41, 5.74) is 0. The number of hydrogen-bond acceptors (Lipinski definition) is 2. The van der Waals surface area contributed by atoms with Gasteiger partial charge in [0.05, 0.1) is 6.61 Å². The number of nitrogens with zero attached hydrogens (tertiary/aromatic N) is 1. The fourth-order valence-electron chi connectivity index (χ4n) is 1.48. The Bertz CT molecular complexity index is 145. The smallest absolute Gasteiger partial charge is 0.225 e. The molecule has 3 heteroatoms. The molecule has 0 aliphatic carbocycles. The average Bonchev–Trinajstić information content (AvgIpc) is 1.99. The maximum atomic E-state index is 11.3. The summed E-state index contributed by atoms with van der Waals surface area (Å²) in [5, 5.41) is 8.63. The molecule has 1 amide bonds. The Morgan fingerprint density at radius 1 is 1.73 bits per heavy atom. The Balaban J connectivity index is 2.44. The van der Waals surface area contributed by atoms with Crippen LogP contribution in [0.3, 0.4) is 0 Å². The van der Waals surface area contributed by atoms with Gasteiger partial charge in [0.15, 0.2) is 0 Å². The second-order valence-corrected chi connectivity index (χ2v) is 3.09. The van der Waals surface area contributed by atoms with Crippen molar-refractivity contribution < 1.29 is 9.90 Å². The SMILES string of the molecule is CC1CCCN(CCO)C1=O. The Labute approximate surface area is 67.0 Å². The molecule has 1 saturated heterocycles. The number of piperidine rings is 1. The summed E-state index contributed by atoms with van der Waals surface area (Å²) < 4.78 is 0. The quantitative estimate of drug-likeness (QED) is 0.623. The lowest BCUT2D eigenvalue weighted by Gasteiger charge is -2.29. The highest BCUT2D eigenvalue weighted by Gasteiger charge is 2.23. The first-order valence-corrected chi connectivity index (χ1v) is 4.15. The lowest BCUT2D eigenvalue weighted by Crippen LogP contribution is -2.41. The third kappa shape index (κ3) is 1.93. The van der Waals surface area contributed by atoms with Crippen LogP contribution in [0.25, 0.3) is 0 Å². The minimum Gasteiger partial charge on any atom is -0.395 e. The molecule has 3 nitrogen and oxygen atoms in total. The number of likely N-dealkylation sites (tertiary alicyclic amines) is 1. The van der Waals surface area contributed by atoms with Gasteiger partial charge in [0, 0.05) is 19.0 Å². The summed E-state index contributed by atoms with van der Waals surface area (Å²) in [6, 6.07) is 0. The fourth-order valence-corrected chi connectivity index (χ4v) is 1.48. The first-order valence-electron chi connectivity index (χ1n) is 4.15. The molecular weight excluding hydrogens is 142 g/mol. The Hall–Kier alpha value is -0.570. The molecule has 1 N–H and O–H groups in total. The van der Waals surface area contributed by atoms with E-state index >= 15 is 0 Å². The zero-order valence-electron chi connectivity index (χ0n) is 6.92. The topological polar surface area (TPSA) is 40.5 Å². The van der Waals surface area contributed by atoms with Crippen LogP contribution in [-0.2, 0) is 4.79 Å². The number of rotatable bonds is 2. The highest BCUT2D eigenvalue weighted by atomic mass is 16.3. The van der Waals surface area contributed by atoms with Gasteiger partial charge in [-0.2, -0.15) is 0 Å². The number of aliphatic hydroxyl groups is 1. The molecular formula is C8H15NO2. The highest BCUT2D eigenvalue weighted by Crippen LogP contribution is 2.16. The van der Waals surface area contributed by atoms with E-state index in [2.05, 4.69) is 0 Å². The number of carbonyl (C=O) groups excluding carboxylic acids is 1. The van der Waals surface area contributed by atoms with Gasteiger partial charge < -0.3 is 10.0 Å². The average molecular weight is 157 g/mol. The lowest BCUT2D eigenvalue weighted by molar-refractivity contribution is -0.138. The largest absolute Gasteiger partial charge is 0.395 e. The second kappa shape index (κ2) is 3.72. The molecule has 0 radical (unpaired) electrons. The summed E-state index contributed by atoms with van der Waals surface area (Å²) in [5.74, 6) is 0.362. The Morgan fingerprint density at radius 3 is 3.09 bits per heavy atom. The minimum absolute atomic E-state index is 0.0818. The van der Waals surface area contributed by atoms with E-state index in [1.807, 2.05) is 6.92 Å². The maximum absolute atomic E-state index is 11.3. The lowest BCUT2D eigenvalue weighted by atomic mass is 9.99. The van der Waals surface area contributed by atoms with Gasteiger partial charge in [0.1, 0.15) is 0 Å². The summed E-state index contributed by atoms with van der Waals surface area (Å²) >= 11 is 0. The van der Waals surface area contributed by atoms with Crippen molar-refractivity contribution in [1.29, 1.82) is 0 Å². The normalized spacial score (nSPS) is 25.8. The van der Waals surface area contributed by atoms with E-state index in [1.165, 1.54) is 0 Å².